The predicted octanol–water partition coefficient (Wildman–Crippen LogP) is 14.4. The molecule has 1 atom stereocenters. The molecule has 0 bridgehead atoms. The first kappa shape index (κ1) is 45.6. The van der Waals surface area contributed by atoms with E-state index in [1.807, 2.05) is 12.1 Å². The fraction of sp³-hybridized carbons (Fsp3) is 0.389. The SMILES string of the molecule is Cl.Cl.[CH2]=[Zr]([C]1=CC(C(C)(C)C)=CC1C)([C]1=C(C(C)(C)C)c2cc3c(cc2C1(C)C)Cc1cc2c(cc1-3)C(C(C)(C)C)=CC2(C)C)([c]1cccc(F)c1)[c]1cccc(F)c1. The monoisotopic (exact) mass is 910 g/mol. The molecule has 0 aromatic heterocycles. The van der Waals surface area contributed by atoms with Crippen molar-refractivity contribution in [2.45, 2.75) is 114 Å². The van der Waals surface area contributed by atoms with Crippen LogP contribution in [0.25, 0.3) is 22.3 Å². The van der Waals surface area contributed by atoms with E-state index in [2.05, 4.69) is 152 Å². The molecule has 0 nitrogen and oxygen atoms in total. The van der Waals surface area contributed by atoms with Crippen molar-refractivity contribution >= 4 is 46.7 Å². The number of hydrogen-bond donors (Lipinski definition) is 0. The van der Waals surface area contributed by atoms with E-state index in [-0.39, 0.29) is 64.0 Å². The van der Waals surface area contributed by atoms with Crippen molar-refractivity contribution in [2.24, 2.45) is 22.2 Å². The third-order valence-electron chi connectivity index (χ3n) is 14.2. The van der Waals surface area contributed by atoms with Gasteiger partial charge in [-0.1, -0.05) is 0 Å². The molecule has 0 N–H and O–H groups in total. The molecule has 4 aliphatic rings. The third-order valence-corrected chi connectivity index (χ3v) is 31.5. The van der Waals surface area contributed by atoms with E-state index >= 15 is 8.78 Å². The summed E-state index contributed by atoms with van der Waals surface area (Å²) in [5.74, 6) is -0.552. The van der Waals surface area contributed by atoms with E-state index in [4.69, 9.17) is 4.21 Å². The van der Waals surface area contributed by atoms with E-state index < -0.39 is 23.7 Å². The summed E-state index contributed by atoms with van der Waals surface area (Å²) < 4.78 is 42.1. The van der Waals surface area contributed by atoms with Gasteiger partial charge in [-0.3, -0.25) is 0 Å². The van der Waals surface area contributed by atoms with Crippen molar-refractivity contribution in [1.82, 2.24) is 0 Å². The zero-order valence-corrected chi connectivity index (χ0v) is 41.8. The average molecular weight is 913 g/mol. The molecular formula is C54H64Cl2F2Zr. The minimum atomic E-state index is -5.66. The van der Waals surface area contributed by atoms with Crippen LogP contribution in [0.2, 0.25) is 0 Å². The minimum absolute atomic E-state index is 0. The summed E-state index contributed by atoms with van der Waals surface area (Å²) in [6, 6.07) is 24.5. The molecule has 0 saturated heterocycles. The Hall–Kier alpha value is -2.97. The Morgan fingerprint density at radius 3 is 1.61 bits per heavy atom. The number of fused-ring (bicyclic) bond motifs is 5. The number of hydrogen-bond acceptors (Lipinski definition) is 0. The maximum absolute atomic E-state index is 16.0. The molecule has 0 spiro atoms. The second-order valence-electron chi connectivity index (χ2n) is 22.2. The molecule has 4 aliphatic carbocycles. The third kappa shape index (κ3) is 6.52. The molecule has 1 unspecified atom stereocenters. The molecule has 312 valence electrons. The first-order valence-corrected chi connectivity index (χ1v) is 27.7. The average Bonchev–Trinajstić information content (AvgIpc) is 3.80. The molecule has 0 aliphatic heterocycles. The van der Waals surface area contributed by atoms with E-state index in [1.54, 1.807) is 12.1 Å². The Bertz CT molecular complexity index is 2590. The Morgan fingerprint density at radius 2 is 1.15 bits per heavy atom. The maximum atomic E-state index is 16.0. The van der Waals surface area contributed by atoms with Gasteiger partial charge in [0.25, 0.3) is 0 Å². The van der Waals surface area contributed by atoms with Crippen molar-refractivity contribution in [1.29, 1.82) is 0 Å². The van der Waals surface area contributed by atoms with Gasteiger partial charge in [-0.25, -0.2) is 0 Å². The molecular weight excluding hydrogens is 849 g/mol. The van der Waals surface area contributed by atoms with Gasteiger partial charge in [-0.2, -0.15) is 0 Å². The fourth-order valence-corrected chi connectivity index (χ4v) is 30.9. The summed E-state index contributed by atoms with van der Waals surface area (Å²) in [5.41, 5.74) is 13.8. The van der Waals surface area contributed by atoms with Gasteiger partial charge >= 0.3 is 345 Å². The van der Waals surface area contributed by atoms with Crippen molar-refractivity contribution in [2.75, 3.05) is 0 Å². The molecule has 4 aromatic carbocycles. The predicted molar refractivity (Wildman–Crippen MR) is 253 cm³/mol. The van der Waals surface area contributed by atoms with Gasteiger partial charge in [0.15, 0.2) is 0 Å². The zero-order chi connectivity index (χ0) is 41.7. The summed E-state index contributed by atoms with van der Waals surface area (Å²) in [6.07, 6.45) is 8.18. The Morgan fingerprint density at radius 1 is 0.644 bits per heavy atom. The van der Waals surface area contributed by atoms with Gasteiger partial charge < -0.3 is 0 Å². The summed E-state index contributed by atoms with van der Waals surface area (Å²) >= 11 is -5.66. The summed E-state index contributed by atoms with van der Waals surface area (Å²) in [4.78, 5) is 0. The summed E-state index contributed by atoms with van der Waals surface area (Å²) in [6.45, 7) is 32.5. The van der Waals surface area contributed by atoms with Gasteiger partial charge in [-0.15, -0.1) is 24.8 Å². The van der Waals surface area contributed by atoms with Crippen LogP contribution in [0.3, 0.4) is 0 Å². The molecule has 0 amide bonds. The zero-order valence-electron chi connectivity index (χ0n) is 37.7. The molecule has 8 rings (SSSR count). The summed E-state index contributed by atoms with van der Waals surface area (Å²) in [5, 5.41) is 0. The van der Waals surface area contributed by atoms with E-state index in [0.29, 0.717) is 0 Å². The molecule has 5 heteroatoms. The van der Waals surface area contributed by atoms with E-state index in [9.17, 15) is 0 Å². The van der Waals surface area contributed by atoms with Crippen LogP contribution in [0.15, 0.2) is 103 Å². The van der Waals surface area contributed by atoms with Crippen LogP contribution in [0.5, 0.6) is 0 Å². The Kier molecular flexibility index (Phi) is 10.8. The van der Waals surface area contributed by atoms with Crippen LogP contribution in [0.1, 0.15) is 130 Å². The van der Waals surface area contributed by atoms with Crippen LogP contribution in [-0.2, 0) is 35.5 Å². The van der Waals surface area contributed by atoms with Crippen LogP contribution in [-0.4, -0.2) is 4.21 Å². The second-order valence-corrected chi connectivity index (χ2v) is 34.8. The van der Waals surface area contributed by atoms with Crippen molar-refractivity contribution in [3.63, 3.8) is 0 Å². The number of allylic oxidation sites excluding steroid dienone is 8. The molecule has 0 fully saturated rings. The normalized spacial score (nSPS) is 19.2. The number of halogens is 4. The van der Waals surface area contributed by atoms with Crippen LogP contribution >= 0.6 is 24.8 Å². The van der Waals surface area contributed by atoms with Crippen molar-refractivity contribution in [3.05, 3.63) is 148 Å². The Labute approximate surface area is 366 Å². The fourth-order valence-electron chi connectivity index (χ4n) is 11.7. The number of rotatable bonds is 4. The van der Waals surface area contributed by atoms with Crippen LogP contribution < -0.4 is 6.54 Å². The quantitative estimate of drug-likeness (QED) is 0.169. The molecule has 59 heavy (non-hydrogen) atoms. The molecule has 0 heterocycles. The molecule has 4 aromatic rings. The van der Waals surface area contributed by atoms with Gasteiger partial charge in [0.05, 0.1) is 0 Å². The van der Waals surface area contributed by atoms with Crippen molar-refractivity contribution in [3.8, 4) is 11.1 Å². The summed E-state index contributed by atoms with van der Waals surface area (Å²) in [7, 11) is 0. The van der Waals surface area contributed by atoms with Gasteiger partial charge in [0, 0.05) is 0 Å². The molecule has 0 saturated carbocycles. The first-order chi connectivity index (χ1) is 26.2. The van der Waals surface area contributed by atoms with Gasteiger partial charge in [0.2, 0.25) is 0 Å². The van der Waals surface area contributed by atoms with E-state index in [0.717, 1.165) is 13.0 Å². The van der Waals surface area contributed by atoms with Gasteiger partial charge in [0.1, 0.15) is 0 Å². The second kappa shape index (κ2) is 14.0. The number of benzene rings is 4. The standard InChI is InChI=1S/C31H37.C10H15.2C6H4F.CH2.2ClH.Zr/c1-28(2,3)26-16-30(7,8)24-12-18-11-19-13-25-23(15-21(19)20(18)14-22(24)26)27(29(4,5)6)17-31(25,9)10;1-8-5-6-9(7-8)10(2,3)4;2*7-6-4-2-1-3-5-6;;;;/h12-16H,11H2,1-10H3;6-8H,1-4H3;2*1-2,4-5H;1H2;2*1H;. The van der Waals surface area contributed by atoms with Crippen LogP contribution in [0.4, 0.5) is 8.78 Å². The van der Waals surface area contributed by atoms with E-state index in [1.165, 1.54) is 79.9 Å². The van der Waals surface area contributed by atoms with Crippen LogP contribution in [0, 0.1) is 33.8 Å². The first-order valence-electron chi connectivity index (χ1n) is 21.0. The van der Waals surface area contributed by atoms with Gasteiger partial charge in [-0.05, 0) is 0 Å². The van der Waals surface area contributed by atoms with Crippen molar-refractivity contribution < 1.29 is 27.1 Å². The topological polar surface area (TPSA) is 0 Å². The Balaban J connectivity index is 0.00000293. The molecule has 0 radical (unpaired) electrons.